The summed E-state index contributed by atoms with van der Waals surface area (Å²) in [6, 6.07) is -0.758. The second-order valence-corrected chi connectivity index (χ2v) is 6.81. The Labute approximate surface area is 121 Å². The van der Waals surface area contributed by atoms with Crippen molar-refractivity contribution in [2.75, 3.05) is 0 Å². The summed E-state index contributed by atoms with van der Waals surface area (Å²) in [6.45, 7) is 3.67. The fraction of sp³-hybridized carbons (Fsp3) is 0.875. The van der Waals surface area contributed by atoms with Gasteiger partial charge in [-0.3, -0.25) is 4.79 Å². The first-order valence-electron chi connectivity index (χ1n) is 8.04. The third kappa shape index (κ3) is 3.33. The Morgan fingerprint density at radius 3 is 2.35 bits per heavy atom. The van der Waals surface area contributed by atoms with Crippen molar-refractivity contribution in [3.05, 3.63) is 0 Å². The second-order valence-electron chi connectivity index (χ2n) is 6.81. The zero-order valence-electron chi connectivity index (χ0n) is 12.6. The molecule has 0 heterocycles. The van der Waals surface area contributed by atoms with Crippen molar-refractivity contribution >= 4 is 11.9 Å². The summed E-state index contributed by atoms with van der Waals surface area (Å²) in [5.74, 6) is 0.179. The molecule has 0 aromatic rings. The fourth-order valence-corrected chi connectivity index (χ4v) is 4.04. The highest BCUT2D eigenvalue weighted by Crippen LogP contribution is 2.43. The van der Waals surface area contributed by atoms with Gasteiger partial charge in [0, 0.05) is 5.92 Å². The van der Waals surface area contributed by atoms with Crippen LogP contribution < -0.4 is 5.32 Å². The average Bonchev–Trinajstić information content (AvgIpc) is 2.43. The average molecular weight is 281 g/mol. The molecule has 2 fully saturated rings. The molecule has 1 amide bonds. The van der Waals surface area contributed by atoms with Crippen molar-refractivity contribution in [2.45, 2.75) is 64.8 Å². The van der Waals surface area contributed by atoms with Gasteiger partial charge in [-0.15, -0.1) is 0 Å². The first kappa shape index (κ1) is 15.3. The van der Waals surface area contributed by atoms with Crippen LogP contribution in [0.25, 0.3) is 0 Å². The molecular formula is C16H27NO3. The van der Waals surface area contributed by atoms with Crippen molar-refractivity contribution < 1.29 is 14.7 Å². The maximum Gasteiger partial charge on any atom is 0.326 e. The first-order valence-corrected chi connectivity index (χ1v) is 8.04. The summed E-state index contributed by atoms with van der Waals surface area (Å²) in [7, 11) is 0. The van der Waals surface area contributed by atoms with Crippen molar-refractivity contribution in [1.29, 1.82) is 0 Å². The lowest BCUT2D eigenvalue weighted by Crippen LogP contribution is -2.49. The summed E-state index contributed by atoms with van der Waals surface area (Å²) >= 11 is 0. The Balaban J connectivity index is 2.01. The Kier molecular flexibility index (Phi) is 5.06. The van der Waals surface area contributed by atoms with E-state index in [1.807, 2.05) is 13.8 Å². The number of hydrogen-bond donors (Lipinski definition) is 2. The number of carboxylic acids is 1. The van der Waals surface area contributed by atoms with Gasteiger partial charge in [-0.1, -0.05) is 46.0 Å². The summed E-state index contributed by atoms with van der Waals surface area (Å²) < 4.78 is 0. The number of nitrogens with one attached hydrogen (secondary N) is 1. The van der Waals surface area contributed by atoms with Crippen LogP contribution in [0.1, 0.15) is 58.8 Å². The number of amides is 1. The molecule has 2 saturated carbocycles. The van der Waals surface area contributed by atoms with Crippen LogP contribution in [0.2, 0.25) is 0 Å². The SMILES string of the molecule is CC(C)[C@@H](NC(=O)C1CCCC2CCCCC21)C(=O)O. The van der Waals surface area contributed by atoms with Gasteiger partial charge in [0.25, 0.3) is 0 Å². The lowest BCUT2D eigenvalue weighted by atomic mass is 9.65. The van der Waals surface area contributed by atoms with E-state index in [9.17, 15) is 14.7 Å². The zero-order chi connectivity index (χ0) is 14.7. The second kappa shape index (κ2) is 6.59. The van der Waals surface area contributed by atoms with Gasteiger partial charge < -0.3 is 10.4 Å². The Bertz CT molecular complexity index is 365. The van der Waals surface area contributed by atoms with Gasteiger partial charge in [-0.25, -0.2) is 4.79 Å². The topological polar surface area (TPSA) is 66.4 Å². The quantitative estimate of drug-likeness (QED) is 0.832. The van der Waals surface area contributed by atoms with E-state index in [4.69, 9.17) is 0 Å². The van der Waals surface area contributed by atoms with E-state index >= 15 is 0 Å². The molecule has 2 N–H and O–H groups in total. The predicted molar refractivity (Wildman–Crippen MR) is 77.2 cm³/mol. The molecule has 2 aliphatic rings. The van der Waals surface area contributed by atoms with Gasteiger partial charge in [0.15, 0.2) is 0 Å². The molecule has 2 rings (SSSR count). The Hall–Kier alpha value is -1.06. The molecule has 20 heavy (non-hydrogen) atoms. The van der Waals surface area contributed by atoms with Gasteiger partial charge in [0.2, 0.25) is 5.91 Å². The molecule has 3 unspecified atom stereocenters. The van der Waals surface area contributed by atoms with E-state index in [2.05, 4.69) is 5.32 Å². The molecule has 0 spiro atoms. The predicted octanol–water partition coefficient (Wildman–Crippen LogP) is 2.82. The van der Waals surface area contributed by atoms with Crippen molar-refractivity contribution in [1.82, 2.24) is 5.32 Å². The zero-order valence-corrected chi connectivity index (χ0v) is 12.6. The van der Waals surface area contributed by atoms with E-state index < -0.39 is 12.0 Å². The molecule has 0 aromatic carbocycles. The number of fused-ring (bicyclic) bond motifs is 1. The molecule has 0 bridgehead atoms. The van der Waals surface area contributed by atoms with E-state index in [-0.39, 0.29) is 17.7 Å². The number of carbonyl (C=O) groups is 2. The molecule has 114 valence electrons. The highest BCUT2D eigenvalue weighted by atomic mass is 16.4. The lowest BCUT2D eigenvalue weighted by Gasteiger charge is -2.41. The monoisotopic (exact) mass is 281 g/mol. The summed E-state index contributed by atoms with van der Waals surface area (Å²) in [4.78, 5) is 23.7. The third-order valence-corrected chi connectivity index (χ3v) is 5.14. The van der Waals surface area contributed by atoms with Gasteiger partial charge >= 0.3 is 5.97 Å². The maximum atomic E-state index is 12.5. The maximum absolute atomic E-state index is 12.5. The Morgan fingerprint density at radius 1 is 1.05 bits per heavy atom. The van der Waals surface area contributed by atoms with Crippen LogP contribution in [0.3, 0.4) is 0 Å². The number of hydrogen-bond acceptors (Lipinski definition) is 2. The van der Waals surface area contributed by atoms with Crippen LogP contribution in [-0.4, -0.2) is 23.0 Å². The van der Waals surface area contributed by atoms with Gasteiger partial charge in [-0.2, -0.15) is 0 Å². The molecule has 0 radical (unpaired) electrons. The lowest BCUT2D eigenvalue weighted by molar-refractivity contribution is -0.144. The molecule has 4 heteroatoms. The van der Waals surface area contributed by atoms with Gasteiger partial charge in [0.1, 0.15) is 6.04 Å². The molecule has 4 nitrogen and oxygen atoms in total. The van der Waals surface area contributed by atoms with Crippen LogP contribution in [-0.2, 0) is 9.59 Å². The fourth-order valence-electron chi connectivity index (χ4n) is 4.04. The number of carbonyl (C=O) groups excluding carboxylic acids is 1. The minimum atomic E-state index is -0.927. The molecule has 0 saturated heterocycles. The highest BCUT2D eigenvalue weighted by Gasteiger charge is 2.39. The minimum absolute atomic E-state index is 0.0253. The van der Waals surface area contributed by atoms with Crippen molar-refractivity contribution in [2.24, 2.45) is 23.7 Å². The first-order chi connectivity index (χ1) is 9.50. The van der Waals surface area contributed by atoms with Crippen molar-refractivity contribution in [3.8, 4) is 0 Å². The van der Waals surface area contributed by atoms with E-state index in [1.165, 1.54) is 25.7 Å². The molecule has 4 atom stereocenters. The van der Waals surface area contributed by atoms with E-state index in [0.29, 0.717) is 11.8 Å². The van der Waals surface area contributed by atoms with Crippen LogP contribution in [0.4, 0.5) is 0 Å². The van der Waals surface area contributed by atoms with Crippen LogP contribution in [0, 0.1) is 23.7 Å². The van der Waals surface area contributed by atoms with E-state index in [0.717, 1.165) is 19.3 Å². The van der Waals surface area contributed by atoms with Crippen LogP contribution in [0.5, 0.6) is 0 Å². The van der Waals surface area contributed by atoms with Gasteiger partial charge in [0.05, 0.1) is 0 Å². The van der Waals surface area contributed by atoms with E-state index in [1.54, 1.807) is 0 Å². The van der Waals surface area contributed by atoms with Crippen molar-refractivity contribution in [3.63, 3.8) is 0 Å². The Morgan fingerprint density at radius 2 is 1.70 bits per heavy atom. The summed E-state index contributed by atoms with van der Waals surface area (Å²) in [5.41, 5.74) is 0. The number of carboxylic acid groups (broad SMARTS) is 1. The summed E-state index contributed by atoms with van der Waals surface area (Å²) in [6.07, 6.45) is 8.19. The normalized spacial score (nSPS) is 31.4. The van der Waals surface area contributed by atoms with Crippen LogP contribution in [0.15, 0.2) is 0 Å². The minimum Gasteiger partial charge on any atom is -0.480 e. The highest BCUT2D eigenvalue weighted by molar-refractivity contribution is 5.85. The van der Waals surface area contributed by atoms with Gasteiger partial charge in [-0.05, 0) is 30.6 Å². The smallest absolute Gasteiger partial charge is 0.326 e. The molecule has 2 aliphatic carbocycles. The largest absolute Gasteiger partial charge is 0.480 e. The summed E-state index contributed by atoms with van der Waals surface area (Å²) in [5, 5.41) is 12.0. The standard InChI is InChI=1S/C16H27NO3/c1-10(2)14(16(19)20)17-15(18)13-9-5-7-11-6-3-4-8-12(11)13/h10-14H,3-9H2,1-2H3,(H,17,18)(H,19,20)/t11?,12?,13?,14-/m1/s1. The molecule has 0 aliphatic heterocycles. The molecule has 0 aromatic heterocycles. The number of aliphatic carboxylic acids is 1. The number of rotatable bonds is 4. The third-order valence-electron chi connectivity index (χ3n) is 5.14. The van der Waals surface area contributed by atoms with Crippen LogP contribution >= 0.6 is 0 Å². The molecular weight excluding hydrogens is 254 g/mol.